The number of ether oxygens (including phenoxy) is 1. The van der Waals surface area contributed by atoms with Gasteiger partial charge >= 0.3 is 5.97 Å². The first kappa shape index (κ1) is 16.7. The first-order valence-electron chi connectivity index (χ1n) is 8.72. The van der Waals surface area contributed by atoms with Crippen LogP contribution in [-0.4, -0.2) is 35.3 Å². The van der Waals surface area contributed by atoms with Crippen LogP contribution < -0.4 is 0 Å². The van der Waals surface area contributed by atoms with E-state index >= 15 is 0 Å². The average molecular weight is 329 g/mol. The molecule has 24 heavy (non-hydrogen) atoms. The highest BCUT2D eigenvalue weighted by molar-refractivity contribution is 6.21. The third-order valence-electron chi connectivity index (χ3n) is 4.74. The summed E-state index contributed by atoms with van der Waals surface area (Å²) in [5.74, 6) is -0.760. The molecule has 0 unspecified atom stereocenters. The average Bonchev–Trinajstić information content (AvgIpc) is 2.80. The van der Waals surface area contributed by atoms with E-state index in [1.165, 1.54) is 11.3 Å². The minimum atomic E-state index is -0.268. The van der Waals surface area contributed by atoms with Crippen molar-refractivity contribution in [3.05, 3.63) is 34.9 Å². The number of carbonyl (C=O) groups excluding carboxylic acids is 3. The van der Waals surface area contributed by atoms with E-state index in [0.29, 0.717) is 17.5 Å². The highest BCUT2D eigenvalue weighted by Crippen LogP contribution is 2.24. The van der Waals surface area contributed by atoms with Crippen molar-refractivity contribution in [1.82, 2.24) is 4.90 Å². The van der Waals surface area contributed by atoms with E-state index in [2.05, 4.69) is 0 Å². The Kier molecular flexibility index (Phi) is 4.97. The summed E-state index contributed by atoms with van der Waals surface area (Å²) in [7, 11) is 0. The fourth-order valence-electron chi connectivity index (χ4n) is 3.42. The van der Waals surface area contributed by atoms with E-state index in [0.717, 1.165) is 31.2 Å². The third-order valence-corrected chi connectivity index (χ3v) is 4.74. The summed E-state index contributed by atoms with van der Waals surface area (Å²) in [6.45, 7) is 2.15. The minimum absolute atomic E-state index is 0.0496. The molecule has 5 nitrogen and oxygen atoms in total. The molecule has 1 aliphatic carbocycles. The fraction of sp³-hybridized carbons (Fsp3) is 0.526. The second kappa shape index (κ2) is 7.16. The molecule has 0 atom stereocenters. The molecule has 5 heteroatoms. The lowest BCUT2D eigenvalue weighted by Crippen LogP contribution is -2.31. The molecule has 128 valence electrons. The molecule has 1 saturated carbocycles. The van der Waals surface area contributed by atoms with Crippen molar-refractivity contribution in [2.75, 3.05) is 6.54 Å². The molecule has 3 rings (SSSR count). The van der Waals surface area contributed by atoms with Gasteiger partial charge in [0.1, 0.15) is 6.10 Å². The van der Waals surface area contributed by atoms with Crippen molar-refractivity contribution in [2.45, 2.75) is 58.0 Å². The second-order valence-corrected chi connectivity index (χ2v) is 6.66. The number of hydrogen-bond donors (Lipinski definition) is 0. The maximum atomic E-state index is 12.3. The normalized spacial score (nSPS) is 18.0. The third kappa shape index (κ3) is 3.50. The molecule has 1 fully saturated rings. The molecule has 0 saturated heterocycles. The van der Waals surface area contributed by atoms with Crippen LogP contribution in [0.2, 0.25) is 0 Å². The van der Waals surface area contributed by atoms with Gasteiger partial charge in [0, 0.05) is 13.0 Å². The Hall–Kier alpha value is -2.17. The van der Waals surface area contributed by atoms with E-state index in [9.17, 15) is 14.4 Å². The summed E-state index contributed by atoms with van der Waals surface area (Å²) in [6.07, 6.45) is 6.08. The molecule has 0 spiro atoms. The van der Waals surface area contributed by atoms with Crippen molar-refractivity contribution in [2.24, 2.45) is 0 Å². The van der Waals surface area contributed by atoms with Crippen molar-refractivity contribution < 1.29 is 19.1 Å². The molecule has 1 aromatic carbocycles. The van der Waals surface area contributed by atoms with Crippen LogP contribution >= 0.6 is 0 Å². The predicted octanol–water partition coefficient (Wildman–Crippen LogP) is 3.25. The molecule has 1 heterocycles. The molecule has 2 amide bonds. The van der Waals surface area contributed by atoms with Crippen LogP contribution in [0.25, 0.3) is 0 Å². The highest BCUT2D eigenvalue weighted by atomic mass is 16.5. The van der Waals surface area contributed by atoms with Gasteiger partial charge in [-0.25, -0.2) is 0 Å². The van der Waals surface area contributed by atoms with E-state index in [4.69, 9.17) is 4.74 Å². The van der Waals surface area contributed by atoms with Gasteiger partial charge in [-0.3, -0.25) is 19.3 Å². The maximum absolute atomic E-state index is 12.3. The van der Waals surface area contributed by atoms with Crippen molar-refractivity contribution >= 4 is 17.8 Å². The van der Waals surface area contributed by atoms with Crippen LogP contribution in [0, 0.1) is 6.92 Å². The number of amides is 2. The minimum Gasteiger partial charge on any atom is -0.462 e. The van der Waals surface area contributed by atoms with Crippen molar-refractivity contribution in [3.63, 3.8) is 0 Å². The molecule has 0 N–H and O–H groups in total. The van der Waals surface area contributed by atoms with Gasteiger partial charge in [0.25, 0.3) is 11.8 Å². The van der Waals surface area contributed by atoms with E-state index in [-0.39, 0.29) is 36.9 Å². The van der Waals surface area contributed by atoms with E-state index in [1.54, 1.807) is 12.1 Å². The number of esters is 1. The number of benzene rings is 1. The molecular formula is C19H23NO4. The number of hydrogen-bond acceptors (Lipinski definition) is 4. The molecule has 1 aliphatic heterocycles. The highest BCUT2D eigenvalue weighted by Gasteiger charge is 2.35. The molecule has 0 radical (unpaired) electrons. The Morgan fingerprint density at radius 1 is 1.12 bits per heavy atom. The Balaban J connectivity index is 1.49. The lowest BCUT2D eigenvalue weighted by Gasteiger charge is -2.22. The summed E-state index contributed by atoms with van der Waals surface area (Å²) >= 11 is 0. The zero-order chi connectivity index (χ0) is 17.1. The SMILES string of the molecule is Cc1ccc2c(c1)C(=O)N(CCCC(=O)OC1CCCCC1)C2=O. The van der Waals surface area contributed by atoms with Crippen molar-refractivity contribution in [1.29, 1.82) is 0 Å². The molecule has 0 aromatic heterocycles. The Morgan fingerprint density at radius 3 is 2.58 bits per heavy atom. The summed E-state index contributed by atoms with van der Waals surface area (Å²) in [5.41, 5.74) is 1.87. The predicted molar refractivity (Wildman–Crippen MR) is 88.7 cm³/mol. The van der Waals surface area contributed by atoms with Gasteiger partial charge < -0.3 is 4.74 Å². The molecular weight excluding hydrogens is 306 g/mol. The lowest BCUT2D eigenvalue weighted by molar-refractivity contribution is -0.150. The fourth-order valence-corrected chi connectivity index (χ4v) is 3.42. The zero-order valence-corrected chi connectivity index (χ0v) is 14.0. The van der Waals surface area contributed by atoms with Crippen LogP contribution in [0.15, 0.2) is 18.2 Å². The lowest BCUT2D eigenvalue weighted by atomic mass is 9.98. The molecule has 2 aliphatic rings. The van der Waals surface area contributed by atoms with E-state index < -0.39 is 0 Å². The number of carbonyl (C=O) groups is 3. The molecule has 0 bridgehead atoms. The summed E-state index contributed by atoms with van der Waals surface area (Å²) in [4.78, 5) is 37.8. The van der Waals surface area contributed by atoms with Crippen LogP contribution in [-0.2, 0) is 9.53 Å². The first-order chi connectivity index (χ1) is 11.6. The van der Waals surface area contributed by atoms with Crippen molar-refractivity contribution in [3.8, 4) is 0 Å². The van der Waals surface area contributed by atoms with Gasteiger partial charge in [-0.2, -0.15) is 0 Å². The second-order valence-electron chi connectivity index (χ2n) is 6.66. The van der Waals surface area contributed by atoms with Gasteiger partial charge in [0.15, 0.2) is 0 Å². The molecule has 1 aromatic rings. The quantitative estimate of drug-likeness (QED) is 0.614. The van der Waals surface area contributed by atoms with Crippen LogP contribution in [0.5, 0.6) is 0 Å². The Morgan fingerprint density at radius 2 is 1.83 bits per heavy atom. The number of rotatable bonds is 5. The van der Waals surface area contributed by atoms with Gasteiger partial charge in [-0.05, 0) is 51.2 Å². The number of nitrogens with zero attached hydrogens (tertiary/aromatic N) is 1. The van der Waals surface area contributed by atoms with Gasteiger partial charge in [-0.1, -0.05) is 18.1 Å². The number of aryl methyl sites for hydroxylation is 1. The Bertz CT molecular complexity index is 661. The van der Waals surface area contributed by atoms with Crippen LogP contribution in [0.1, 0.15) is 71.2 Å². The number of imide groups is 1. The van der Waals surface area contributed by atoms with Gasteiger partial charge in [0.05, 0.1) is 11.1 Å². The maximum Gasteiger partial charge on any atom is 0.306 e. The van der Waals surface area contributed by atoms with Crippen LogP contribution in [0.3, 0.4) is 0 Å². The van der Waals surface area contributed by atoms with E-state index in [1.807, 2.05) is 13.0 Å². The standard InChI is InChI=1S/C19H23NO4/c1-13-9-10-15-16(12-13)19(23)20(18(15)22)11-5-8-17(21)24-14-6-3-2-4-7-14/h9-10,12,14H,2-8,11H2,1H3. The number of fused-ring (bicyclic) bond motifs is 1. The van der Waals surface area contributed by atoms with Gasteiger partial charge in [-0.15, -0.1) is 0 Å². The smallest absolute Gasteiger partial charge is 0.306 e. The largest absolute Gasteiger partial charge is 0.462 e. The summed E-state index contributed by atoms with van der Waals surface area (Å²) in [5, 5.41) is 0. The monoisotopic (exact) mass is 329 g/mol. The Labute approximate surface area is 142 Å². The van der Waals surface area contributed by atoms with Gasteiger partial charge in [0.2, 0.25) is 0 Å². The van der Waals surface area contributed by atoms with Crippen LogP contribution in [0.4, 0.5) is 0 Å². The zero-order valence-electron chi connectivity index (χ0n) is 14.0. The first-order valence-corrected chi connectivity index (χ1v) is 8.72. The summed E-state index contributed by atoms with van der Waals surface area (Å²) in [6, 6.07) is 5.27. The topological polar surface area (TPSA) is 63.7 Å². The summed E-state index contributed by atoms with van der Waals surface area (Å²) < 4.78 is 5.46.